The molecule has 5 atom stereocenters. The van der Waals surface area contributed by atoms with Gasteiger partial charge in [0.25, 0.3) is 0 Å². The molecule has 6 heteroatoms. The second-order valence-corrected chi connectivity index (χ2v) is 3.87. The Morgan fingerprint density at radius 1 is 1.19 bits per heavy atom. The summed E-state index contributed by atoms with van der Waals surface area (Å²) < 4.78 is 5.33. The third-order valence-corrected chi connectivity index (χ3v) is 2.82. The number of aliphatic hydroxyl groups excluding tert-OH is 4. The Kier molecular flexibility index (Phi) is 3.27. The first-order valence-corrected chi connectivity index (χ1v) is 5.09. The summed E-state index contributed by atoms with van der Waals surface area (Å²) in [6.45, 7) is -0.415. The predicted octanol–water partition coefficient (Wildman–Crippen LogP) is -1.47. The Morgan fingerprint density at radius 3 is 2.50 bits per heavy atom. The van der Waals surface area contributed by atoms with Gasteiger partial charge in [-0.3, -0.25) is 0 Å². The van der Waals surface area contributed by atoms with Crippen LogP contribution in [0.4, 0.5) is 0 Å². The lowest BCUT2D eigenvalue weighted by atomic mass is 9.94. The number of H-pyrrole nitrogens is 1. The average Bonchev–Trinajstić information content (AvgIpc) is 2.80. The van der Waals surface area contributed by atoms with Crippen LogP contribution in [0, 0.1) is 0 Å². The van der Waals surface area contributed by atoms with Gasteiger partial charge in [0.2, 0.25) is 0 Å². The molecule has 90 valence electrons. The van der Waals surface area contributed by atoms with Gasteiger partial charge in [-0.05, 0) is 12.1 Å². The molecular formula is C10H15NO5. The van der Waals surface area contributed by atoms with Crippen LogP contribution in [0.3, 0.4) is 0 Å². The molecule has 0 aromatic carbocycles. The van der Waals surface area contributed by atoms with Crippen molar-refractivity contribution in [2.24, 2.45) is 0 Å². The molecule has 1 aliphatic heterocycles. The van der Waals surface area contributed by atoms with E-state index in [1.165, 1.54) is 0 Å². The van der Waals surface area contributed by atoms with E-state index in [1.54, 1.807) is 18.3 Å². The SMILES string of the molecule is OC[C@H]1O[C@@H](c2ccc[nH]2)[C@H](O)[C@@H](O)[C@@H]1O. The van der Waals surface area contributed by atoms with Crippen LogP contribution < -0.4 is 0 Å². The molecule has 1 aliphatic rings. The molecule has 1 aromatic rings. The molecule has 0 unspecified atom stereocenters. The number of nitrogens with one attached hydrogen (secondary N) is 1. The van der Waals surface area contributed by atoms with Gasteiger partial charge in [-0.25, -0.2) is 0 Å². The van der Waals surface area contributed by atoms with Crippen LogP contribution >= 0.6 is 0 Å². The minimum Gasteiger partial charge on any atom is -0.394 e. The summed E-state index contributed by atoms with van der Waals surface area (Å²) in [6, 6.07) is 3.43. The summed E-state index contributed by atoms with van der Waals surface area (Å²) in [7, 11) is 0. The fourth-order valence-electron chi connectivity index (χ4n) is 1.88. The van der Waals surface area contributed by atoms with Crippen LogP contribution in [-0.4, -0.2) is 56.4 Å². The van der Waals surface area contributed by atoms with E-state index in [1.807, 2.05) is 0 Å². The minimum absolute atomic E-state index is 0.415. The Labute approximate surface area is 92.1 Å². The van der Waals surface area contributed by atoms with Gasteiger partial charge in [-0.15, -0.1) is 0 Å². The molecule has 0 spiro atoms. The van der Waals surface area contributed by atoms with Crippen molar-refractivity contribution in [2.75, 3.05) is 6.61 Å². The lowest BCUT2D eigenvalue weighted by Gasteiger charge is -2.39. The van der Waals surface area contributed by atoms with Crippen molar-refractivity contribution < 1.29 is 25.2 Å². The zero-order chi connectivity index (χ0) is 11.7. The third-order valence-electron chi connectivity index (χ3n) is 2.82. The number of hydrogen-bond acceptors (Lipinski definition) is 5. The molecule has 16 heavy (non-hydrogen) atoms. The molecule has 0 radical (unpaired) electrons. The number of aromatic nitrogens is 1. The van der Waals surface area contributed by atoms with Gasteiger partial charge in [0.1, 0.15) is 30.5 Å². The maximum atomic E-state index is 9.76. The molecule has 0 bridgehead atoms. The first-order chi connectivity index (χ1) is 7.65. The van der Waals surface area contributed by atoms with Crippen molar-refractivity contribution in [1.82, 2.24) is 4.98 Å². The molecule has 1 aromatic heterocycles. The quantitative estimate of drug-likeness (QED) is 0.426. The fraction of sp³-hybridized carbons (Fsp3) is 0.600. The lowest BCUT2D eigenvalue weighted by Crippen LogP contribution is -2.55. The Balaban J connectivity index is 2.20. The molecule has 5 N–H and O–H groups in total. The summed E-state index contributed by atoms with van der Waals surface area (Å²) in [6.07, 6.45) is -3.85. The van der Waals surface area contributed by atoms with E-state index in [0.717, 1.165) is 0 Å². The number of aromatic amines is 1. The lowest BCUT2D eigenvalue weighted by molar-refractivity contribution is -0.232. The summed E-state index contributed by atoms with van der Waals surface area (Å²) in [4.78, 5) is 2.86. The van der Waals surface area contributed by atoms with E-state index >= 15 is 0 Å². The highest BCUT2D eigenvalue weighted by Gasteiger charge is 2.44. The van der Waals surface area contributed by atoms with Crippen molar-refractivity contribution in [3.63, 3.8) is 0 Å². The highest BCUT2D eigenvalue weighted by atomic mass is 16.5. The molecule has 1 fully saturated rings. The van der Waals surface area contributed by atoms with Crippen LogP contribution in [0.15, 0.2) is 18.3 Å². The second kappa shape index (κ2) is 4.52. The minimum atomic E-state index is -1.33. The molecule has 0 amide bonds. The average molecular weight is 229 g/mol. The van der Waals surface area contributed by atoms with Crippen LogP contribution in [0.1, 0.15) is 11.8 Å². The van der Waals surface area contributed by atoms with Crippen LogP contribution in [-0.2, 0) is 4.74 Å². The fourth-order valence-corrected chi connectivity index (χ4v) is 1.88. The largest absolute Gasteiger partial charge is 0.394 e. The van der Waals surface area contributed by atoms with Crippen molar-refractivity contribution in [3.8, 4) is 0 Å². The number of hydrogen-bond donors (Lipinski definition) is 5. The zero-order valence-corrected chi connectivity index (χ0v) is 8.52. The summed E-state index contributed by atoms with van der Waals surface area (Å²) in [5.74, 6) is 0. The molecular weight excluding hydrogens is 214 g/mol. The number of ether oxygens (including phenoxy) is 1. The van der Waals surface area contributed by atoms with Crippen LogP contribution in [0.2, 0.25) is 0 Å². The monoisotopic (exact) mass is 229 g/mol. The smallest absolute Gasteiger partial charge is 0.126 e. The van der Waals surface area contributed by atoms with Gasteiger partial charge in [-0.1, -0.05) is 0 Å². The van der Waals surface area contributed by atoms with Crippen molar-refractivity contribution >= 4 is 0 Å². The Morgan fingerprint density at radius 2 is 1.94 bits per heavy atom. The van der Waals surface area contributed by atoms with E-state index in [2.05, 4.69) is 4.98 Å². The maximum Gasteiger partial charge on any atom is 0.126 e. The highest BCUT2D eigenvalue weighted by molar-refractivity contribution is 5.12. The van der Waals surface area contributed by atoms with E-state index in [-0.39, 0.29) is 0 Å². The van der Waals surface area contributed by atoms with Crippen molar-refractivity contribution in [1.29, 1.82) is 0 Å². The van der Waals surface area contributed by atoms with Gasteiger partial charge in [0.15, 0.2) is 0 Å². The van der Waals surface area contributed by atoms with Crippen molar-refractivity contribution in [2.45, 2.75) is 30.5 Å². The summed E-state index contributed by atoms with van der Waals surface area (Å²) in [5, 5.41) is 37.9. The molecule has 1 saturated heterocycles. The predicted molar refractivity (Wildman–Crippen MR) is 53.5 cm³/mol. The maximum absolute atomic E-state index is 9.76. The van der Waals surface area contributed by atoms with Gasteiger partial charge in [0, 0.05) is 11.9 Å². The number of aliphatic hydroxyl groups is 4. The molecule has 0 aliphatic carbocycles. The molecule has 6 nitrogen and oxygen atoms in total. The number of rotatable bonds is 2. The van der Waals surface area contributed by atoms with Gasteiger partial charge < -0.3 is 30.1 Å². The van der Waals surface area contributed by atoms with E-state index in [0.29, 0.717) is 5.69 Å². The summed E-state index contributed by atoms with van der Waals surface area (Å²) >= 11 is 0. The van der Waals surface area contributed by atoms with E-state index in [4.69, 9.17) is 9.84 Å². The van der Waals surface area contributed by atoms with Gasteiger partial charge in [0.05, 0.1) is 6.61 Å². The first-order valence-electron chi connectivity index (χ1n) is 5.09. The third kappa shape index (κ3) is 1.85. The van der Waals surface area contributed by atoms with Crippen LogP contribution in [0.25, 0.3) is 0 Å². The standard InChI is InChI=1S/C10H15NO5/c12-4-6-7(13)8(14)9(15)10(16-6)5-2-1-3-11-5/h1-3,6-15H,4H2/t6-,7-,8+,9-,10+/m1/s1. The zero-order valence-electron chi connectivity index (χ0n) is 8.52. The van der Waals surface area contributed by atoms with Crippen molar-refractivity contribution in [3.05, 3.63) is 24.0 Å². The Hall–Kier alpha value is -0.920. The topological polar surface area (TPSA) is 106 Å². The van der Waals surface area contributed by atoms with Gasteiger partial charge in [-0.2, -0.15) is 0 Å². The van der Waals surface area contributed by atoms with Gasteiger partial charge >= 0.3 is 0 Å². The van der Waals surface area contributed by atoms with Crippen LogP contribution in [0.5, 0.6) is 0 Å². The normalized spacial score (nSPS) is 39.9. The molecule has 2 heterocycles. The van der Waals surface area contributed by atoms with E-state index in [9.17, 15) is 15.3 Å². The highest BCUT2D eigenvalue weighted by Crippen LogP contribution is 2.31. The second-order valence-electron chi connectivity index (χ2n) is 3.87. The van der Waals surface area contributed by atoms with E-state index < -0.39 is 37.1 Å². The Bertz CT molecular complexity index is 326. The first kappa shape index (κ1) is 11.6. The molecule has 0 saturated carbocycles. The summed E-state index contributed by atoms with van der Waals surface area (Å²) in [5.41, 5.74) is 0.594. The molecule has 2 rings (SSSR count).